The molecule has 3 rings (SSSR count). The molecule has 0 aliphatic carbocycles. The smallest absolute Gasteiger partial charge is 0.270 e. The van der Waals surface area contributed by atoms with Gasteiger partial charge in [-0.2, -0.15) is 0 Å². The average Bonchev–Trinajstić information content (AvgIpc) is 2.68. The van der Waals surface area contributed by atoms with E-state index in [9.17, 15) is 9.59 Å². The summed E-state index contributed by atoms with van der Waals surface area (Å²) in [6.07, 6.45) is 1.56. The zero-order valence-electron chi connectivity index (χ0n) is 15.5. The second kappa shape index (κ2) is 8.54. The van der Waals surface area contributed by atoms with E-state index in [2.05, 4.69) is 0 Å². The van der Waals surface area contributed by atoms with Gasteiger partial charge in [-0.05, 0) is 62.5 Å². The molecule has 144 valence electrons. The zero-order valence-corrected chi connectivity index (χ0v) is 17.1. The third kappa shape index (κ3) is 3.79. The first-order valence-electron chi connectivity index (χ1n) is 8.87. The van der Waals surface area contributed by atoms with Gasteiger partial charge in [-0.25, -0.2) is 0 Å². The van der Waals surface area contributed by atoms with Gasteiger partial charge < -0.3 is 4.74 Å². The van der Waals surface area contributed by atoms with Gasteiger partial charge in [-0.3, -0.25) is 19.4 Å². The molecular formula is C21H19ClN2O3S. The van der Waals surface area contributed by atoms with Crippen LogP contribution in [-0.2, 0) is 9.59 Å². The molecule has 1 saturated heterocycles. The quantitative estimate of drug-likeness (QED) is 0.415. The number of carbonyl (C=O) groups is 2. The van der Waals surface area contributed by atoms with Gasteiger partial charge >= 0.3 is 0 Å². The van der Waals surface area contributed by atoms with Crippen molar-refractivity contribution in [1.29, 1.82) is 0 Å². The van der Waals surface area contributed by atoms with E-state index >= 15 is 0 Å². The monoisotopic (exact) mass is 414 g/mol. The number of halogens is 1. The molecular weight excluding hydrogens is 396 g/mol. The van der Waals surface area contributed by atoms with Crippen LogP contribution in [0.1, 0.15) is 19.4 Å². The van der Waals surface area contributed by atoms with Crippen LogP contribution in [0.2, 0.25) is 5.02 Å². The van der Waals surface area contributed by atoms with Crippen LogP contribution in [0.4, 0.5) is 5.69 Å². The highest BCUT2D eigenvalue weighted by Crippen LogP contribution is 2.29. The molecule has 0 N–H and O–H groups in total. The van der Waals surface area contributed by atoms with Crippen LogP contribution in [0.5, 0.6) is 5.75 Å². The Hall–Kier alpha value is -2.70. The third-order valence-electron chi connectivity index (χ3n) is 4.25. The standard InChI is InChI=1S/C21H19ClN2O3S/c1-3-23-19(25)17(13-14-7-5-6-8-18(14)27-4-2)20(26)24(21(23)28)16-11-9-15(22)10-12-16/h5-13H,3-4H2,1-2H3/b17-13+. The molecule has 0 unspecified atom stereocenters. The first-order valence-corrected chi connectivity index (χ1v) is 9.65. The van der Waals surface area contributed by atoms with Gasteiger partial charge in [0.2, 0.25) is 0 Å². The molecule has 2 aromatic rings. The van der Waals surface area contributed by atoms with Crippen LogP contribution in [0.3, 0.4) is 0 Å². The molecule has 0 aromatic heterocycles. The summed E-state index contributed by atoms with van der Waals surface area (Å²) in [7, 11) is 0. The zero-order chi connectivity index (χ0) is 20.3. The Morgan fingerprint density at radius 2 is 1.71 bits per heavy atom. The number of nitrogens with zero attached hydrogens (tertiary/aromatic N) is 2. The van der Waals surface area contributed by atoms with Crippen LogP contribution in [0.25, 0.3) is 6.08 Å². The number of anilines is 1. The lowest BCUT2D eigenvalue weighted by Crippen LogP contribution is -2.56. The van der Waals surface area contributed by atoms with Crippen LogP contribution in [0.15, 0.2) is 54.1 Å². The highest BCUT2D eigenvalue weighted by atomic mass is 35.5. The average molecular weight is 415 g/mol. The molecule has 2 aromatic carbocycles. The van der Waals surface area contributed by atoms with Crippen LogP contribution < -0.4 is 9.64 Å². The topological polar surface area (TPSA) is 49.9 Å². The van der Waals surface area contributed by atoms with Gasteiger partial charge in [0, 0.05) is 17.1 Å². The summed E-state index contributed by atoms with van der Waals surface area (Å²) in [6, 6.07) is 14.0. The minimum absolute atomic E-state index is 0.0255. The van der Waals surface area contributed by atoms with Gasteiger partial charge in [-0.15, -0.1) is 0 Å². The molecule has 1 fully saturated rings. The first kappa shape index (κ1) is 20.0. The summed E-state index contributed by atoms with van der Waals surface area (Å²) in [5.74, 6) is -0.297. The molecule has 5 nitrogen and oxygen atoms in total. The number of ether oxygens (including phenoxy) is 1. The molecule has 0 saturated carbocycles. The highest BCUT2D eigenvalue weighted by molar-refractivity contribution is 7.80. The van der Waals surface area contributed by atoms with Gasteiger partial charge in [0.1, 0.15) is 11.3 Å². The SMILES string of the molecule is CCOc1ccccc1/C=C1\C(=O)N(CC)C(=S)N(c2ccc(Cl)cc2)C1=O. The van der Waals surface area contributed by atoms with Gasteiger partial charge in [0.05, 0.1) is 12.3 Å². The van der Waals surface area contributed by atoms with Crippen molar-refractivity contribution in [3.8, 4) is 5.75 Å². The maximum atomic E-state index is 13.2. The van der Waals surface area contributed by atoms with Gasteiger partial charge in [-0.1, -0.05) is 29.8 Å². The fraction of sp³-hybridized carbons (Fsp3) is 0.190. The second-order valence-corrected chi connectivity index (χ2v) is 6.78. The normalized spacial score (nSPS) is 16.1. The lowest BCUT2D eigenvalue weighted by molar-refractivity contribution is -0.127. The number of hydrogen-bond acceptors (Lipinski definition) is 4. The Bertz CT molecular complexity index is 956. The van der Waals surface area contributed by atoms with Crippen molar-refractivity contribution in [2.75, 3.05) is 18.1 Å². The molecule has 7 heteroatoms. The maximum Gasteiger partial charge on any atom is 0.270 e. The predicted molar refractivity (Wildman–Crippen MR) is 115 cm³/mol. The van der Waals surface area contributed by atoms with E-state index in [4.69, 9.17) is 28.6 Å². The van der Waals surface area contributed by atoms with Gasteiger partial charge in [0.15, 0.2) is 5.11 Å². The van der Waals surface area contributed by atoms with Crippen LogP contribution in [0, 0.1) is 0 Å². The van der Waals surface area contributed by atoms with Crippen molar-refractivity contribution in [3.05, 3.63) is 64.7 Å². The first-order chi connectivity index (χ1) is 13.5. The summed E-state index contributed by atoms with van der Waals surface area (Å²) < 4.78 is 5.61. The van der Waals surface area contributed by atoms with E-state index < -0.39 is 11.8 Å². The molecule has 1 heterocycles. The van der Waals surface area contributed by atoms with E-state index in [1.807, 2.05) is 26.0 Å². The number of hydrogen-bond donors (Lipinski definition) is 0. The summed E-state index contributed by atoms with van der Waals surface area (Å²) in [5, 5.41) is 0.694. The maximum absolute atomic E-state index is 13.2. The van der Waals surface area contributed by atoms with Crippen molar-refractivity contribution in [1.82, 2.24) is 4.90 Å². The largest absolute Gasteiger partial charge is 0.493 e. The Morgan fingerprint density at radius 1 is 1.04 bits per heavy atom. The number of amides is 2. The number of carbonyl (C=O) groups excluding carboxylic acids is 2. The summed E-state index contributed by atoms with van der Waals surface area (Å²) in [5.41, 5.74) is 1.23. The number of rotatable bonds is 5. The van der Waals surface area contributed by atoms with E-state index in [0.717, 1.165) is 0 Å². The van der Waals surface area contributed by atoms with E-state index in [1.165, 1.54) is 9.80 Å². The number of thiocarbonyl (C=S) groups is 1. The molecule has 0 radical (unpaired) electrons. The van der Waals surface area contributed by atoms with Crippen molar-refractivity contribution in [2.45, 2.75) is 13.8 Å². The molecule has 1 aliphatic rings. The van der Waals surface area contributed by atoms with Crippen LogP contribution in [-0.4, -0.2) is 35.0 Å². The lowest BCUT2D eigenvalue weighted by Gasteiger charge is -2.36. The third-order valence-corrected chi connectivity index (χ3v) is 4.91. The summed E-state index contributed by atoms with van der Waals surface area (Å²) in [6.45, 7) is 4.51. The van der Waals surface area contributed by atoms with Crippen molar-refractivity contribution in [3.63, 3.8) is 0 Å². The summed E-state index contributed by atoms with van der Waals surface area (Å²) in [4.78, 5) is 28.9. The number of para-hydroxylation sites is 1. The number of likely N-dealkylation sites (N-methyl/N-ethyl adjacent to an activating group) is 1. The molecule has 0 spiro atoms. The van der Waals surface area contributed by atoms with E-state index in [1.54, 1.807) is 42.5 Å². The molecule has 0 atom stereocenters. The Balaban J connectivity index is 2.10. The number of benzene rings is 2. The molecule has 1 aliphatic heterocycles. The molecule has 2 amide bonds. The Morgan fingerprint density at radius 3 is 2.36 bits per heavy atom. The Labute approximate surface area is 174 Å². The van der Waals surface area contributed by atoms with Crippen LogP contribution >= 0.6 is 23.8 Å². The fourth-order valence-corrected chi connectivity index (χ4v) is 3.44. The van der Waals surface area contributed by atoms with Crippen molar-refractivity contribution < 1.29 is 14.3 Å². The molecule has 28 heavy (non-hydrogen) atoms. The predicted octanol–water partition coefficient (Wildman–Crippen LogP) is 4.30. The van der Waals surface area contributed by atoms with Crippen molar-refractivity contribution in [2.24, 2.45) is 0 Å². The fourth-order valence-electron chi connectivity index (χ4n) is 2.91. The Kier molecular flexibility index (Phi) is 6.11. The van der Waals surface area contributed by atoms with Crippen molar-refractivity contribution >= 4 is 52.5 Å². The van der Waals surface area contributed by atoms with Gasteiger partial charge in [0.25, 0.3) is 11.8 Å². The highest BCUT2D eigenvalue weighted by Gasteiger charge is 2.39. The lowest BCUT2D eigenvalue weighted by atomic mass is 10.0. The molecule has 0 bridgehead atoms. The van der Waals surface area contributed by atoms with E-state index in [-0.39, 0.29) is 10.7 Å². The second-order valence-electron chi connectivity index (χ2n) is 5.98. The minimum atomic E-state index is -0.478. The summed E-state index contributed by atoms with van der Waals surface area (Å²) >= 11 is 11.4. The minimum Gasteiger partial charge on any atom is -0.493 e. The van der Waals surface area contributed by atoms with E-state index in [0.29, 0.717) is 35.2 Å².